The molecule has 1 N–H and O–H groups in total. The largest absolute Gasteiger partial charge is 0.497 e. The van der Waals surface area contributed by atoms with Crippen molar-refractivity contribution in [3.63, 3.8) is 0 Å². The van der Waals surface area contributed by atoms with Crippen LogP contribution in [0.25, 0.3) is 0 Å². The molecule has 0 aromatic heterocycles. The molecule has 2 aromatic carbocycles. The van der Waals surface area contributed by atoms with Crippen molar-refractivity contribution >= 4 is 17.5 Å². The summed E-state index contributed by atoms with van der Waals surface area (Å²) in [6.45, 7) is 4.12. The first kappa shape index (κ1) is 19.8. The Labute approximate surface area is 163 Å². The van der Waals surface area contributed by atoms with Crippen LogP contribution in [0.1, 0.15) is 15.9 Å². The maximum absolute atomic E-state index is 13.7. The molecule has 28 heavy (non-hydrogen) atoms. The number of nitrogens with one attached hydrogen (secondary N) is 1. The molecule has 0 spiro atoms. The third kappa shape index (κ3) is 4.86. The number of halogens is 1. The number of piperazine rings is 1. The molecule has 2 aromatic rings. The number of aryl methyl sites for hydroxylation is 1. The average Bonchev–Trinajstić information content (AvgIpc) is 2.70. The number of carbonyl (C=O) groups is 2. The van der Waals surface area contributed by atoms with Crippen molar-refractivity contribution < 1.29 is 18.7 Å². The summed E-state index contributed by atoms with van der Waals surface area (Å²) in [5.41, 5.74) is 1.58. The number of anilines is 1. The summed E-state index contributed by atoms with van der Waals surface area (Å²) in [7, 11) is 1.59. The first-order valence-electron chi connectivity index (χ1n) is 9.18. The third-order valence-electron chi connectivity index (χ3n) is 4.82. The fourth-order valence-electron chi connectivity index (χ4n) is 3.10. The molecule has 1 fully saturated rings. The molecule has 148 valence electrons. The highest BCUT2D eigenvalue weighted by molar-refractivity contribution is 5.94. The molecule has 0 atom stereocenters. The number of ether oxygens (including phenoxy) is 1. The van der Waals surface area contributed by atoms with Gasteiger partial charge in [-0.25, -0.2) is 4.39 Å². The van der Waals surface area contributed by atoms with Gasteiger partial charge in [-0.1, -0.05) is 6.07 Å². The second-order valence-corrected chi connectivity index (χ2v) is 6.81. The molecule has 1 aliphatic rings. The van der Waals surface area contributed by atoms with Gasteiger partial charge >= 0.3 is 0 Å². The number of hydrogen-bond donors (Lipinski definition) is 1. The number of benzene rings is 2. The lowest BCUT2D eigenvalue weighted by atomic mass is 10.1. The number of hydrogen-bond acceptors (Lipinski definition) is 4. The monoisotopic (exact) mass is 385 g/mol. The number of carbonyl (C=O) groups excluding carboxylic acids is 2. The molecule has 0 radical (unpaired) electrons. The van der Waals surface area contributed by atoms with E-state index in [1.54, 1.807) is 55.3 Å². The van der Waals surface area contributed by atoms with Crippen molar-refractivity contribution in [2.24, 2.45) is 0 Å². The molecule has 0 aliphatic carbocycles. The average molecular weight is 385 g/mol. The standard InChI is InChI=1S/C21H24FN3O3/c1-15-3-4-16(13-19(15)22)21(27)25-11-9-24(10-12-25)14-20(26)23-17-5-7-18(28-2)8-6-17/h3-8,13H,9-12,14H2,1-2H3,(H,23,26). The minimum Gasteiger partial charge on any atom is -0.497 e. The van der Waals surface area contributed by atoms with E-state index in [2.05, 4.69) is 5.32 Å². The molecule has 1 heterocycles. The molecule has 1 saturated heterocycles. The Morgan fingerprint density at radius 1 is 1.07 bits per heavy atom. The molecular formula is C21H24FN3O3. The second-order valence-electron chi connectivity index (χ2n) is 6.81. The van der Waals surface area contributed by atoms with Crippen LogP contribution in [0.2, 0.25) is 0 Å². The van der Waals surface area contributed by atoms with Gasteiger partial charge in [0.2, 0.25) is 5.91 Å². The second kappa shape index (κ2) is 8.84. The van der Waals surface area contributed by atoms with Crippen LogP contribution in [0.3, 0.4) is 0 Å². The van der Waals surface area contributed by atoms with Gasteiger partial charge in [0, 0.05) is 37.4 Å². The van der Waals surface area contributed by atoms with Crippen LogP contribution < -0.4 is 10.1 Å². The predicted molar refractivity (Wildman–Crippen MR) is 105 cm³/mol. The van der Waals surface area contributed by atoms with Gasteiger partial charge in [0.15, 0.2) is 0 Å². The highest BCUT2D eigenvalue weighted by Gasteiger charge is 2.23. The van der Waals surface area contributed by atoms with E-state index < -0.39 is 0 Å². The van der Waals surface area contributed by atoms with Crippen molar-refractivity contribution in [3.05, 3.63) is 59.4 Å². The van der Waals surface area contributed by atoms with Crippen LogP contribution >= 0.6 is 0 Å². The van der Waals surface area contributed by atoms with Crippen molar-refractivity contribution in [2.75, 3.05) is 45.2 Å². The van der Waals surface area contributed by atoms with Gasteiger partial charge in [0.05, 0.1) is 13.7 Å². The lowest BCUT2D eigenvalue weighted by Gasteiger charge is -2.34. The van der Waals surface area contributed by atoms with Crippen LogP contribution in [-0.4, -0.2) is 61.4 Å². The Bertz CT molecular complexity index is 846. The highest BCUT2D eigenvalue weighted by atomic mass is 19.1. The van der Waals surface area contributed by atoms with E-state index in [1.807, 2.05) is 4.90 Å². The molecule has 1 aliphatic heterocycles. The fourth-order valence-corrected chi connectivity index (χ4v) is 3.10. The summed E-state index contributed by atoms with van der Waals surface area (Å²) in [6, 6.07) is 11.7. The third-order valence-corrected chi connectivity index (χ3v) is 4.82. The Balaban J connectivity index is 1.48. The summed E-state index contributed by atoms with van der Waals surface area (Å²) >= 11 is 0. The molecular weight excluding hydrogens is 361 g/mol. The van der Waals surface area contributed by atoms with E-state index >= 15 is 0 Å². The number of methoxy groups -OCH3 is 1. The predicted octanol–water partition coefficient (Wildman–Crippen LogP) is 2.54. The lowest BCUT2D eigenvalue weighted by molar-refractivity contribution is -0.117. The lowest BCUT2D eigenvalue weighted by Crippen LogP contribution is -2.50. The Morgan fingerprint density at radius 3 is 2.36 bits per heavy atom. The molecule has 6 nitrogen and oxygen atoms in total. The summed E-state index contributed by atoms with van der Waals surface area (Å²) in [4.78, 5) is 28.5. The van der Waals surface area contributed by atoms with E-state index in [1.165, 1.54) is 6.07 Å². The smallest absolute Gasteiger partial charge is 0.254 e. The van der Waals surface area contributed by atoms with Gasteiger partial charge in [-0.15, -0.1) is 0 Å². The topological polar surface area (TPSA) is 61.9 Å². The van der Waals surface area contributed by atoms with Gasteiger partial charge in [0.25, 0.3) is 5.91 Å². The van der Waals surface area contributed by atoms with Crippen LogP contribution in [0.5, 0.6) is 5.75 Å². The first-order valence-corrected chi connectivity index (χ1v) is 9.18. The van der Waals surface area contributed by atoms with Crippen LogP contribution in [-0.2, 0) is 4.79 Å². The van der Waals surface area contributed by atoms with E-state index in [4.69, 9.17) is 4.74 Å². The number of amides is 2. The van der Waals surface area contributed by atoms with Gasteiger partial charge in [-0.3, -0.25) is 14.5 Å². The zero-order valence-electron chi connectivity index (χ0n) is 16.1. The quantitative estimate of drug-likeness (QED) is 0.859. The minimum absolute atomic E-state index is 0.106. The zero-order chi connectivity index (χ0) is 20.1. The fraction of sp³-hybridized carbons (Fsp3) is 0.333. The summed E-state index contributed by atoms with van der Waals surface area (Å²) in [6.07, 6.45) is 0. The maximum Gasteiger partial charge on any atom is 0.254 e. The van der Waals surface area contributed by atoms with Gasteiger partial charge < -0.3 is 15.0 Å². The van der Waals surface area contributed by atoms with Gasteiger partial charge in [-0.2, -0.15) is 0 Å². The highest BCUT2D eigenvalue weighted by Crippen LogP contribution is 2.16. The molecule has 0 saturated carbocycles. The van der Waals surface area contributed by atoms with Crippen LogP contribution in [0, 0.1) is 12.7 Å². The summed E-state index contributed by atoms with van der Waals surface area (Å²) < 4.78 is 18.8. The van der Waals surface area contributed by atoms with E-state index in [9.17, 15) is 14.0 Å². The number of rotatable bonds is 5. The minimum atomic E-state index is -0.375. The van der Waals surface area contributed by atoms with Crippen LogP contribution in [0.4, 0.5) is 10.1 Å². The SMILES string of the molecule is COc1ccc(NC(=O)CN2CCN(C(=O)c3ccc(C)c(F)c3)CC2)cc1. The molecule has 0 bridgehead atoms. The van der Waals surface area contributed by atoms with E-state index in [0.717, 1.165) is 5.75 Å². The van der Waals surface area contributed by atoms with Gasteiger partial charge in [0.1, 0.15) is 11.6 Å². The molecule has 2 amide bonds. The van der Waals surface area contributed by atoms with E-state index in [0.29, 0.717) is 43.0 Å². The maximum atomic E-state index is 13.7. The number of nitrogens with zero attached hydrogens (tertiary/aromatic N) is 2. The molecule has 0 unspecified atom stereocenters. The summed E-state index contributed by atoms with van der Waals surface area (Å²) in [5.74, 6) is 0.0683. The normalized spacial score (nSPS) is 14.6. The van der Waals surface area contributed by atoms with Crippen molar-refractivity contribution in [3.8, 4) is 5.75 Å². The zero-order valence-corrected chi connectivity index (χ0v) is 16.1. The Hall–Kier alpha value is -2.93. The van der Waals surface area contributed by atoms with Crippen molar-refractivity contribution in [2.45, 2.75) is 6.92 Å². The van der Waals surface area contributed by atoms with E-state index in [-0.39, 0.29) is 24.2 Å². The summed E-state index contributed by atoms with van der Waals surface area (Å²) in [5, 5.41) is 2.85. The molecule has 7 heteroatoms. The van der Waals surface area contributed by atoms with Crippen molar-refractivity contribution in [1.82, 2.24) is 9.80 Å². The van der Waals surface area contributed by atoms with Crippen LogP contribution in [0.15, 0.2) is 42.5 Å². The first-order chi connectivity index (χ1) is 13.5. The van der Waals surface area contributed by atoms with Gasteiger partial charge in [-0.05, 0) is 48.9 Å². The Morgan fingerprint density at radius 2 is 1.75 bits per heavy atom. The van der Waals surface area contributed by atoms with Crippen molar-refractivity contribution in [1.29, 1.82) is 0 Å². The Kier molecular flexibility index (Phi) is 6.26. The molecule has 3 rings (SSSR count).